The standard InChI is InChI=1S/C16H17N3OS2/c17-8-2-1-5-12(11-13-6-3-9-21-13)16-18-15(19-20-16)14-7-4-10-22-14/h3-4,6-7,9-11H,1-2,5,8,17H2/p+1/b12-11+. The van der Waals surface area contributed by atoms with Gasteiger partial charge in [-0.2, -0.15) is 4.98 Å². The Hall–Kier alpha value is -1.76. The Balaban J connectivity index is 1.85. The molecule has 0 atom stereocenters. The van der Waals surface area contributed by atoms with Crippen molar-refractivity contribution in [2.75, 3.05) is 6.54 Å². The van der Waals surface area contributed by atoms with Crippen molar-refractivity contribution >= 4 is 34.3 Å². The van der Waals surface area contributed by atoms with E-state index >= 15 is 0 Å². The van der Waals surface area contributed by atoms with Crippen LogP contribution < -0.4 is 5.73 Å². The first-order valence-corrected chi connectivity index (χ1v) is 9.04. The molecule has 0 fully saturated rings. The van der Waals surface area contributed by atoms with Crippen LogP contribution in [0.3, 0.4) is 0 Å². The van der Waals surface area contributed by atoms with Crippen molar-refractivity contribution in [1.82, 2.24) is 10.1 Å². The molecule has 0 aliphatic carbocycles. The maximum Gasteiger partial charge on any atom is 0.254 e. The first-order chi connectivity index (χ1) is 10.9. The van der Waals surface area contributed by atoms with E-state index in [4.69, 9.17) is 4.52 Å². The molecule has 3 N–H and O–H groups in total. The van der Waals surface area contributed by atoms with Gasteiger partial charge in [-0.05, 0) is 48.2 Å². The summed E-state index contributed by atoms with van der Waals surface area (Å²) in [5.41, 5.74) is 5.00. The molecular formula is C16H18N3OS2+. The van der Waals surface area contributed by atoms with Crippen molar-refractivity contribution in [3.63, 3.8) is 0 Å². The van der Waals surface area contributed by atoms with Crippen molar-refractivity contribution in [1.29, 1.82) is 0 Å². The van der Waals surface area contributed by atoms with Crippen LogP contribution in [-0.2, 0) is 0 Å². The number of rotatable bonds is 7. The molecular weight excluding hydrogens is 314 g/mol. The maximum atomic E-state index is 5.50. The normalized spacial score (nSPS) is 12.0. The lowest BCUT2D eigenvalue weighted by molar-refractivity contribution is -0.368. The van der Waals surface area contributed by atoms with Crippen LogP contribution in [0.25, 0.3) is 22.4 Å². The fraction of sp³-hybridized carbons (Fsp3) is 0.250. The highest BCUT2D eigenvalue weighted by Gasteiger charge is 2.14. The molecule has 3 aromatic heterocycles. The molecule has 0 saturated carbocycles. The van der Waals surface area contributed by atoms with E-state index in [-0.39, 0.29) is 0 Å². The second kappa shape index (κ2) is 7.49. The summed E-state index contributed by atoms with van der Waals surface area (Å²) in [6, 6.07) is 8.15. The van der Waals surface area contributed by atoms with E-state index in [1.807, 2.05) is 17.5 Å². The van der Waals surface area contributed by atoms with Crippen LogP contribution in [-0.4, -0.2) is 16.7 Å². The van der Waals surface area contributed by atoms with Gasteiger partial charge in [-0.1, -0.05) is 17.3 Å². The lowest BCUT2D eigenvalue weighted by Crippen LogP contribution is -2.50. The monoisotopic (exact) mass is 332 g/mol. The second-order valence-electron chi connectivity index (χ2n) is 4.90. The van der Waals surface area contributed by atoms with Gasteiger partial charge in [0.05, 0.1) is 11.4 Å². The van der Waals surface area contributed by atoms with Crippen LogP contribution in [0.1, 0.15) is 30.0 Å². The van der Waals surface area contributed by atoms with Gasteiger partial charge in [-0.15, -0.1) is 22.7 Å². The molecule has 0 unspecified atom stereocenters. The highest BCUT2D eigenvalue weighted by molar-refractivity contribution is 7.13. The summed E-state index contributed by atoms with van der Waals surface area (Å²) in [6.07, 6.45) is 5.27. The Kier molecular flexibility index (Phi) is 5.15. The Labute approximate surface area is 137 Å². The fourth-order valence-electron chi connectivity index (χ4n) is 2.14. The number of allylic oxidation sites excluding steroid dienone is 1. The molecule has 0 radical (unpaired) electrons. The minimum absolute atomic E-state index is 0.626. The largest absolute Gasteiger partial charge is 0.358 e. The molecule has 0 saturated heterocycles. The van der Waals surface area contributed by atoms with Gasteiger partial charge in [0.1, 0.15) is 0 Å². The number of hydrogen-bond acceptors (Lipinski definition) is 5. The summed E-state index contributed by atoms with van der Waals surface area (Å²) in [5, 5.41) is 8.20. The predicted octanol–water partition coefficient (Wildman–Crippen LogP) is 3.81. The van der Waals surface area contributed by atoms with Gasteiger partial charge in [-0.25, -0.2) is 0 Å². The molecule has 0 spiro atoms. The molecule has 0 aliphatic heterocycles. The molecule has 0 aromatic carbocycles. The highest BCUT2D eigenvalue weighted by Crippen LogP contribution is 2.27. The zero-order chi connectivity index (χ0) is 15.2. The third kappa shape index (κ3) is 3.71. The van der Waals surface area contributed by atoms with E-state index in [0.29, 0.717) is 11.7 Å². The summed E-state index contributed by atoms with van der Waals surface area (Å²) in [7, 11) is 0. The highest BCUT2D eigenvalue weighted by atomic mass is 32.1. The van der Waals surface area contributed by atoms with Crippen molar-refractivity contribution < 1.29 is 10.3 Å². The summed E-state index contributed by atoms with van der Waals surface area (Å²) in [5.74, 6) is 1.29. The Bertz CT molecular complexity index is 715. The molecule has 3 rings (SSSR count). The first-order valence-electron chi connectivity index (χ1n) is 7.28. The zero-order valence-electron chi connectivity index (χ0n) is 12.2. The minimum Gasteiger partial charge on any atom is -0.358 e. The summed E-state index contributed by atoms with van der Waals surface area (Å²) < 4.78 is 5.50. The minimum atomic E-state index is 0.626. The number of quaternary nitrogens is 1. The average molecular weight is 332 g/mol. The van der Waals surface area contributed by atoms with Crippen LogP contribution in [0.4, 0.5) is 0 Å². The number of unbranched alkanes of at least 4 members (excludes halogenated alkanes) is 1. The van der Waals surface area contributed by atoms with E-state index in [9.17, 15) is 0 Å². The molecule has 6 heteroatoms. The van der Waals surface area contributed by atoms with Gasteiger partial charge < -0.3 is 10.3 Å². The SMILES string of the molecule is [NH3+]CCCC/C(=C\c1cccs1)c1nc(-c2cccs2)no1. The van der Waals surface area contributed by atoms with E-state index in [1.54, 1.807) is 22.7 Å². The van der Waals surface area contributed by atoms with Gasteiger partial charge in [-0.3, -0.25) is 0 Å². The quantitative estimate of drug-likeness (QED) is 0.669. The van der Waals surface area contributed by atoms with Crippen LogP contribution in [0.5, 0.6) is 0 Å². The first kappa shape index (κ1) is 15.1. The average Bonchev–Trinajstić information content (AvgIpc) is 3.27. The molecule has 0 aliphatic rings. The van der Waals surface area contributed by atoms with Crippen LogP contribution >= 0.6 is 22.7 Å². The van der Waals surface area contributed by atoms with Crippen LogP contribution in [0, 0.1) is 0 Å². The third-order valence-electron chi connectivity index (χ3n) is 3.25. The molecule has 0 amide bonds. The molecule has 0 bridgehead atoms. The summed E-state index contributed by atoms with van der Waals surface area (Å²) >= 11 is 3.33. The Morgan fingerprint density at radius 1 is 1.18 bits per heavy atom. The van der Waals surface area contributed by atoms with Crippen LogP contribution in [0.2, 0.25) is 0 Å². The number of aromatic nitrogens is 2. The molecule has 114 valence electrons. The summed E-state index contributed by atoms with van der Waals surface area (Å²) in [6.45, 7) is 0.955. The van der Waals surface area contributed by atoms with Crippen molar-refractivity contribution in [3.8, 4) is 10.7 Å². The Morgan fingerprint density at radius 3 is 2.77 bits per heavy atom. The van der Waals surface area contributed by atoms with E-state index in [0.717, 1.165) is 36.3 Å². The number of hydrogen-bond donors (Lipinski definition) is 1. The summed E-state index contributed by atoms with van der Waals surface area (Å²) in [4.78, 5) is 6.81. The van der Waals surface area contributed by atoms with Gasteiger partial charge in [0.15, 0.2) is 0 Å². The zero-order valence-corrected chi connectivity index (χ0v) is 13.8. The molecule has 3 aromatic rings. The van der Waals surface area contributed by atoms with Gasteiger partial charge in [0, 0.05) is 10.5 Å². The lowest BCUT2D eigenvalue weighted by Gasteiger charge is -2.01. The number of thiophene rings is 2. The smallest absolute Gasteiger partial charge is 0.254 e. The van der Waals surface area contributed by atoms with Crippen molar-refractivity contribution in [2.45, 2.75) is 19.3 Å². The third-order valence-corrected chi connectivity index (χ3v) is 4.93. The topological polar surface area (TPSA) is 66.6 Å². The Morgan fingerprint density at radius 2 is 2.05 bits per heavy atom. The van der Waals surface area contributed by atoms with Gasteiger partial charge >= 0.3 is 0 Å². The maximum absolute atomic E-state index is 5.50. The predicted molar refractivity (Wildman–Crippen MR) is 91.4 cm³/mol. The van der Waals surface area contributed by atoms with Crippen LogP contribution in [0.15, 0.2) is 39.5 Å². The molecule has 22 heavy (non-hydrogen) atoms. The lowest BCUT2D eigenvalue weighted by atomic mass is 10.1. The molecule has 4 nitrogen and oxygen atoms in total. The molecule has 3 heterocycles. The second-order valence-corrected chi connectivity index (χ2v) is 6.82. The van der Waals surface area contributed by atoms with E-state index < -0.39 is 0 Å². The van der Waals surface area contributed by atoms with E-state index in [2.05, 4.69) is 39.5 Å². The fourth-order valence-corrected chi connectivity index (χ4v) is 3.47. The van der Waals surface area contributed by atoms with E-state index in [1.165, 1.54) is 4.88 Å². The number of nitrogens with zero attached hydrogens (tertiary/aromatic N) is 2. The van der Waals surface area contributed by atoms with Crippen molar-refractivity contribution in [3.05, 3.63) is 45.8 Å². The van der Waals surface area contributed by atoms with Gasteiger partial charge in [0.2, 0.25) is 5.82 Å². The van der Waals surface area contributed by atoms with Crippen molar-refractivity contribution in [2.24, 2.45) is 0 Å². The van der Waals surface area contributed by atoms with Gasteiger partial charge in [0.25, 0.3) is 5.89 Å².